The lowest BCUT2D eigenvalue weighted by molar-refractivity contribution is 0.0699. The van der Waals surface area contributed by atoms with Gasteiger partial charge in [0.1, 0.15) is 11.5 Å². The number of carboxylic acids is 1. The molecule has 0 aliphatic heterocycles. The van der Waals surface area contributed by atoms with Crippen molar-refractivity contribution >= 4 is 16.9 Å². The molecule has 110 valence electrons. The van der Waals surface area contributed by atoms with Crippen molar-refractivity contribution in [2.45, 2.75) is 0 Å². The smallest absolute Gasteiger partial charge is 0.336 e. The molecule has 0 saturated carbocycles. The lowest BCUT2D eigenvalue weighted by Gasteiger charge is -2.09. The third-order valence-corrected chi connectivity index (χ3v) is 3.43. The van der Waals surface area contributed by atoms with E-state index >= 15 is 0 Å². The van der Waals surface area contributed by atoms with Crippen LogP contribution in [0.3, 0.4) is 0 Å². The fourth-order valence-electron chi connectivity index (χ4n) is 2.34. The van der Waals surface area contributed by atoms with E-state index in [1.165, 1.54) is 19.2 Å². The van der Waals surface area contributed by atoms with Crippen molar-refractivity contribution in [1.82, 2.24) is 4.98 Å². The fourth-order valence-corrected chi connectivity index (χ4v) is 2.34. The first-order valence-corrected chi connectivity index (χ1v) is 6.60. The largest absolute Gasteiger partial charge is 0.507 e. The van der Waals surface area contributed by atoms with E-state index in [9.17, 15) is 15.0 Å². The number of hydrogen-bond acceptors (Lipinski definition) is 4. The van der Waals surface area contributed by atoms with Gasteiger partial charge in [0.25, 0.3) is 0 Å². The molecule has 2 aromatic carbocycles. The van der Waals surface area contributed by atoms with Crippen LogP contribution in [0.5, 0.6) is 11.5 Å². The van der Waals surface area contributed by atoms with Gasteiger partial charge < -0.3 is 14.9 Å². The summed E-state index contributed by atoms with van der Waals surface area (Å²) < 4.78 is 5.16. The van der Waals surface area contributed by atoms with E-state index in [1.54, 1.807) is 36.4 Å². The predicted molar refractivity (Wildman–Crippen MR) is 82.4 cm³/mol. The maximum atomic E-state index is 11.5. The summed E-state index contributed by atoms with van der Waals surface area (Å²) in [5.74, 6) is -0.409. The second kappa shape index (κ2) is 5.37. The highest BCUT2D eigenvalue weighted by atomic mass is 16.5. The summed E-state index contributed by atoms with van der Waals surface area (Å²) in [6.07, 6.45) is 0. The number of nitrogens with zero attached hydrogens (tertiary/aromatic N) is 1. The first-order chi connectivity index (χ1) is 10.6. The van der Waals surface area contributed by atoms with Gasteiger partial charge in [0, 0.05) is 17.0 Å². The summed E-state index contributed by atoms with van der Waals surface area (Å²) in [4.78, 5) is 16.0. The van der Waals surface area contributed by atoms with Crippen LogP contribution in [0.1, 0.15) is 10.4 Å². The molecule has 0 unspecified atom stereocenters. The molecule has 1 aromatic heterocycles. The Kier molecular flexibility index (Phi) is 3.39. The Morgan fingerprint density at radius 1 is 1.14 bits per heavy atom. The molecule has 0 aliphatic rings. The van der Waals surface area contributed by atoms with Crippen molar-refractivity contribution in [3.63, 3.8) is 0 Å². The predicted octanol–water partition coefficient (Wildman–Crippen LogP) is 3.31. The molecule has 0 atom stereocenters. The van der Waals surface area contributed by atoms with Crippen molar-refractivity contribution in [1.29, 1.82) is 0 Å². The Hall–Kier alpha value is -3.08. The zero-order valence-corrected chi connectivity index (χ0v) is 11.8. The fraction of sp³-hybridized carbons (Fsp3) is 0.0588. The van der Waals surface area contributed by atoms with Crippen molar-refractivity contribution in [2.24, 2.45) is 0 Å². The summed E-state index contributed by atoms with van der Waals surface area (Å²) in [7, 11) is 1.53. The van der Waals surface area contributed by atoms with Gasteiger partial charge in [-0.1, -0.05) is 12.1 Å². The Bertz CT molecular complexity index is 874. The van der Waals surface area contributed by atoms with E-state index < -0.39 is 5.97 Å². The zero-order chi connectivity index (χ0) is 15.7. The summed E-state index contributed by atoms with van der Waals surface area (Å²) in [6, 6.07) is 13.2. The topological polar surface area (TPSA) is 79.7 Å². The van der Waals surface area contributed by atoms with Gasteiger partial charge in [0.15, 0.2) is 0 Å². The van der Waals surface area contributed by atoms with Crippen molar-refractivity contribution < 1.29 is 19.7 Å². The van der Waals surface area contributed by atoms with Crippen LogP contribution in [0.2, 0.25) is 0 Å². The monoisotopic (exact) mass is 295 g/mol. The number of hydrogen-bond donors (Lipinski definition) is 2. The van der Waals surface area contributed by atoms with Gasteiger partial charge in [-0.15, -0.1) is 0 Å². The molecule has 2 N–H and O–H groups in total. The van der Waals surface area contributed by atoms with Crippen molar-refractivity contribution in [3.05, 3.63) is 54.1 Å². The molecular formula is C17H13NO4. The number of methoxy groups -OCH3 is 1. The second-order valence-electron chi connectivity index (χ2n) is 4.76. The maximum Gasteiger partial charge on any atom is 0.336 e. The number of phenols is 1. The molecular weight excluding hydrogens is 282 g/mol. The molecule has 0 fully saturated rings. The molecule has 1 heterocycles. The van der Waals surface area contributed by atoms with Crippen LogP contribution in [0.25, 0.3) is 22.2 Å². The van der Waals surface area contributed by atoms with Crippen LogP contribution in [-0.2, 0) is 0 Å². The van der Waals surface area contributed by atoms with E-state index in [0.717, 1.165) is 0 Å². The minimum absolute atomic E-state index is 0.0496. The van der Waals surface area contributed by atoms with Crippen molar-refractivity contribution in [2.75, 3.05) is 7.11 Å². The second-order valence-corrected chi connectivity index (χ2v) is 4.76. The van der Waals surface area contributed by atoms with Gasteiger partial charge in [-0.3, -0.25) is 0 Å². The Balaban J connectivity index is 2.32. The van der Waals surface area contributed by atoms with Gasteiger partial charge >= 0.3 is 5.97 Å². The third-order valence-electron chi connectivity index (χ3n) is 3.43. The molecule has 0 aliphatic carbocycles. The van der Waals surface area contributed by atoms with E-state index in [4.69, 9.17) is 4.74 Å². The number of aromatic carboxylic acids is 1. The van der Waals surface area contributed by atoms with Crippen molar-refractivity contribution in [3.8, 4) is 22.8 Å². The highest BCUT2D eigenvalue weighted by Gasteiger charge is 2.15. The average Bonchev–Trinajstić information content (AvgIpc) is 2.53. The quantitative estimate of drug-likeness (QED) is 0.775. The van der Waals surface area contributed by atoms with Gasteiger partial charge in [-0.25, -0.2) is 9.78 Å². The zero-order valence-electron chi connectivity index (χ0n) is 11.8. The first kappa shape index (κ1) is 13.9. The number of aromatic nitrogens is 1. The van der Waals surface area contributed by atoms with Crippen LogP contribution in [0.4, 0.5) is 0 Å². The Labute approximate surface area is 126 Å². The van der Waals surface area contributed by atoms with Gasteiger partial charge in [0.05, 0.1) is 23.9 Å². The third kappa shape index (κ3) is 2.33. The molecule has 0 radical (unpaired) electrons. The van der Waals surface area contributed by atoms with Crippen LogP contribution in [-0.4, -0.2) is 28.3 Å². The van der Waals surface area contributed by atoms with Gasteiger partial charge in [0.2, 0.25) is 0 Å². The Morgan fingerprint density at radius 3 is 2.59 bits per heavy atom. The van der Waals surface area contributed by atoms with Crippen LogP contribution < -0.4 is 4.74 Å². The van der Waals surface area contributed by atoms with Gasteiger partial charge in [-0.2, -0.15) is 0 Å². The number of ether oxygens (including phenoxy) is 1. The summed E-state index contributed by atoms with van der Waals surface area (Å²) >= 11 is 0. The first-order valence-electron chi connectivity index (χ1n) is 6.60. The highest BCUT2D eigenvalue weighted by molar-refractivity contribution is 6.04. The van der Waals surface area contributed by atoms with E-state index in [1.807, 2.05) is 0 Å². The number of aromatic hydroxyl groups is 1. The molecule has 5 nitrogen and oxygen atoms in total. The number of pyridine rings is 1. The molecule has 3 rings (SSSR count). The number of fused-ring (bicyclic) bond motifs is 1. The van der Waals surface area contributed by atoms with Gasteiger partial charge in [-0.05, 0) is 30.3 Å². The van der Waals surface area contributed by atoms with Crippen LogP contribution >= 0.6 is 0 Å². The number of para-hydroxylation sites is 1. The summed E-state index contributed by atoms with van der Waals surface area (Å²) in [5, 5.41) is 19.9. The number of phenolic OH excluding ortho intramolecular Hbond substituents is 1. The summed E-state index contributed by atoms with van der Waals surface area (Å²) in [6.45, 7) is 0. The molecule has 22 heavy (non-hydrogen) atoms. The average molecular weight is 295 g/mol. The Morgan fingerprint density at radius 2 is 1.91 bits per heavy atom. The SMILES string of the molecule is COc1ccc2c(C(=O)O)cc(-c3ccccc3O)nc2c1. The highest BCUT2D eigenvalue weighted by Crippen LogP contribution is 2.31. The minimum atomic E-state index is -1.05. The summed E-state index contributed by atoms with van der Waals surface area (Å²) in [5.41, 5.74) is 1.51. The van der Waals surface area contributed by atoms with Crippen LogP contribution in [0.15, 0.2) is 48.5 Å². The van der Waals surface area contributed by atoms with Crippen LogP contribution in [0, 0.1) is 0 Å². The molecule has 0 amide bonds. The molecule has 0 saturated heterocycles. The lowest BCUT2D eigenvalue weighted by Crippen LogP contribution is -2.00. The van der Waals surface area contributed by atoms with E-state index in [-0.39, 0.29) is 11.3 Å². The van der Waals surface area contributed by atoms with E-state index in [0.29, 0.717) is 27.9 Å². The standard InChI is InChI=1S/C17H13NO4/c1-22-10-6-7-11-13(17(20)21)9-15(18-14(11)8-10)12-4-2-3-5-16(12)19/h2-9,19H,1H3,(H,20,21). The molecule has 5 heteroatoms. The normalized spacial score (nSPS) is 10.6. The number of benzene rings is 2. The number of carbonyl (C=O) groups is 1. The molecule has 0 bridgehead atoms. The van der Waals surface area contributed by atoms with E-state index in [2.05, 4.69) is 4.98 Å². The minimum Gasteiger partial charge on any atom is -0.507 e. The molecule has 3 aromatic rings. The molecule has 0 spiro atoms. The number of carboxylic acid groups (broad SMARTS) is 1. The number of rotatable bonds is 3. The lowest BCUT2D eigenvalue weighted by atomic mass is 10.0. The maximum absolute atomic E-state index is 11.5.